The predicted molar refractivity (Wildman–Crippen MR) is 69.3 cm³/mol. The lowest BCUT2D eigenvalue weighted by molar-refractivity contribution is 0.301. The largest absolute Gasteiger partial charge is 0.366 e. The van der Waals surface area contributed by atoms with E-state index in [1.807, 2.05) is 19.2 Å². The minimum Gasteiger partial charge on any atom is -0.366 e. The molecule has 4 heteroatoms. The molecule has 3 nitrogen and oxygen atoms in total. The van der Waals surface area contributed by atoms with E-state index in [1.165, 1.54) is 11.3 Å². The van der Waals surface area contributed by atoms with E-state index in [1.54, 1.807) is 0 Å². The van der Waals surface area contributed by atoms with Crippen molar-refractivity contribution in [2.24, 2.45) is 0 Å². The van der Waals surface area contributed by atoms with Gasteiger partial charge < -0.3 is 4.90 Å². The van der Waals surface area contributed by atoms with Crippen LogP contribution in [0.3, 0.4) is 0 Å². The van der Waals surface area contributed by atoms with Gasteiger partial charge in [0.2, 0.25) is 0 Å². The average molecular weight is 251 g/mol. The third kappa shape index (κ3) is 1.14. The molecule has 1 aromatic carbocycles. The Hall–Kier alpha value is -1.03. The van der Waals surface area contributed by atoms with Crippen LogP contribution in [0.25, 0.3) is 0 Å². The quantitative estimate of drug-likeness (QED) is 0.702. The SMILES string of the molecule is CN1c2ccccc2C(C)(C)C12CS(=O)(=O)C2. The molecule has 92 valence electrons. The highest BCUT2D eigenvalue weighted by Gasteiger charge is 2.64. The number of para-hydroxylation sites is 1. The van der Waals surface area contributed by atoms with Crippen molar-refractivity contribution in [2.45, 2.75) is 24.8 Å². The first-order chi connectivity index (χ1) is 7.80. The van der Waals surface area contributed by atoms with Crippen LogP contribution in [-0.2, 0) is 15.3 Å². The Morgan fingerprint density at radius 3 is 2.29 bits per heavy atom. The van der Waals surface area contributed by atoms with Crippen LogP contribution in [0.2, 0.25) is 0 Å². The first kappa shape index (κ1) is 11.1. The Bertz CT molecular complexity index is 577. The van der Waals surface area contributed by atoms with Gasteiger partial charge in [0.15, 0.2) is 9.84 Å². The van der Waals surface area contributed by atoms with Gasteiger partial charge in [-0.1, -0.05) is 32.0 Å². The molecule has 1 spiro atoms. The van der Waals surface area contributed by atoms with Crippen molar-refractivity contribution in [3.63, 3.8) is 0 Å². The molecule has 1 saturated heterocycles. The topological polar surface area (TPSA) is 37.4 Å². The number of benzene rings is 1. The fourth-order valence-corrected chi connectivity index (χ4v) is 5.91. The Labute approximate surface area is 102 Å². The van der Waals surface area contributed by atoms with Crippen LogP contribution < -0.4 is 4.90 Å². The van der Waals surface area contributed by atoms with Crippen LogP contribution in [-0.4, -0.2) is 32.5 Å². The minimum atomic E-state index is -2.84. The summed E-state index contributed by atoms with van der Waals surface area (Å²) in [6.45, 7) is 4.31. The van der Waals surface area contributed by atoms with E-state index in [4.69, 9.17) is 0 Å². The highest BCUT2D eigenvalue weighted by atomic mass is 32.2. The highest BCUT2D eigenvalue weighted by Crippen LogP contribution is 2.55. The molecule has 0 aromatic heterocycles. The van der Waals surface area contributed by atoms with Crippen LogP contribution >= 0.6 is 0 Å². The summed E-state index contributed by atoms with van der Waals surface area (Å²) in [5, 5.41) is 0. The van der Waals surface area contributed by atoms with Gasteiger partial charge in [-0.2, -0.15) is 0 Å². The summed E-state index contributed by atoms with van der Waals surface area (Å²) < 4.78 is 23.2. The van der Waals surface area contributed by atoms with Crippen LogP contribution in [0.15, 0.2) is 24.3 Å². The van der Waals surface area contributed by atoms with Crippen LogP contribution in [0.1, 0.15) is 19.4 Å². The lowest BCUT2D eigenvalue weighted by Crippen LogP contribution is -2.70. The predicted octanol–water partition coefficient (Wildman–Crippen LogP) is 1.58. The Morgan fingerprint density at radius 2 is 1.76 bits per heavy atom. The van der Waals surface area contributed by atoms with E-state index in [9.17, 15) is 8.42 Å². The molecule has 0 atom stereocenters. The van der Waals surface area contributed by atoms with E-state index in [0.29, 0.717) is 0 Å². The summed E-state index contributed by atoms with van der Waals surface area (Å²) in [5.74, 6) is 0.552. The van der Waals surface area contributed by atoms with E-state index in [-0.39, 0.29) is 22.5 Å². The molecule has 0 bridgehead atoms. The summed E-state index contributed by atoms with van der Waals surface area (Å²) in [4.78, 5) is 2.17. The normalized spacial score (nSPS) is 26.6. The smallest absolute Gasteiger partial charge is 0.155 e. The molecule has 1 fully saturated rings. The second-order valence-corrected chi connectivity index (χ2v) is 7.83. The third-order valence-corrected chi connectivity index (χ3v) is 6.50. The molecule has 0 saturated carbocycles. The number of likely N-dealkylation sites (N-methyl/N-ethyl adjacent to an activating group) is 1. The van der Waals surface area contributed by atoms with E-state index < -0.39 is 9.84 Å². The third-order valence-electron chi connectivity index (χ3n) is 4.66. The fraction of sp³-hybridized carbons (Fsp3) is 0.538. The van der Waals surface area contributed by atoms with Gasteiger partial charge in [0.1, 0.15) is 0 Å². The second-order valence-electron chi connectivity index (χ2n) is 5.76. The van der Waals surface area contributed by atoms with E-state index in [0.717, 1.165) is 0 Å². The monoisotopic (exact) mass is 251 g/mol. The number of rotatable bonds is 0. The molecule has 0 radical (unpaired) electrons. The summed E-state index contributed by atoms with van der Waals surface area (Å²) >= 11 is 0. The molecule has 2 heterocycles. The van der Waals surface area contributed by atoms with Crippen molar-refractivity contribution < 1.29 is 8.42 Å². The molecule has 2 aliphatic heterocycles. The summed E-state index contributed by atoms with van der Waals surface area (Å²) in [6.07, 6.45) is 0. The Kier molecular flexibility index (Phi) is 1.86. The fourth-order valence-electron chi connectivity index (χ4n) is 3.43. The number of nitrogens with zero attached hydrogens (tertiary/aromatic N) is 1. The van der Waals surface area contributed by atoms with Crippen LogP contribution in [0.5, 0.6) is 0 Å². The van der Waals surface area contributed by atoms with Crippen molar-refractivity contribution in [1.29, 1.82) is 0 Å². The molecule has 3 rings (SSSR count). The molecule has 1 aromatic rings. The summed E-state index contributed by atoms with van der Waals surface area (Å²) in [7, 11) is -0.821. The molecule has 17 heavy (non-hydrogen) atoms. The zero-order valence-electron chi connectivity index (χ0n) is 10.4. The van der Waals surface area contributed by atoms with Gasteiger partial charge in [0.05, 0.1) is 17.0 Å². The van der Waals surface area contributed by atoms with Crippen molar-refractivity contribution in [1.82, 2.24) is 0 Å². The second kappa shape index (κ2) is 2.86. The van der Waals surface area contributed by atoms with Gasteiger partial charge in [-0.05, 0) is 11.6 Å². The molecular formula is C13H17NO2S. The highest BCUT2D eigenvalue weighted by molar-refractivity contribution is 7.93. The number of hydrogen-bond acceptors (Lipinski definition) is 3. The van der Waals surface area contributed by atoms with Gasteiger partial charge in [-0.25, -0.2) is 8.42 Å². The molecule has 0 N–H and O–H groups in total. The first-order valence-electron chi connectivity index (χ1n) is 5.84. The van der Waals surface area contributed by atoms with Crippen molar-refractivity contribution in [3.05, 3.63) is 29.8 Å². The first-order valence-corrected chi connectivity index (χ1v) is 7.66. The van der Waals surface area contributed by atoms with Gasteiger partial charge in [-0.3, -0.25) is 0 Å². The van der Waals surface area contributed by atoms with Gasteiger partial charge in [0, 0.05) is 18.2 Å². The number of sulfone groups is 1. The maximum Gasteiger partial charge on any atom is 0.155 e. The van der Waals surface area contributed by atoms with E-state index in [2.05, 4.69) is 30.9 Å². The summed E-state index contributed by atoms with van der Waals surface area (Å²) in [6, 6.07) is 8.24. The van der Waals surface area contributed by atoms with Crippen LogP contribution in [0, 0.1) is 0 Å². The lowest BCUT2D eigenvalue weighted by Gasteiger charge is -2.52. The molecular weight excluding hydrogens is 234 g/mol. The molecule has 0 aliphatic carbocycles. The van der Waals surface area contributed by atoms with Gasteiger partial charge >= 0.3 is 0 Å². The van der Waals surface area contributed by atoms with Crippen molar-refractivity contribution in [3.8, 4) is 0 Å². The standard InChI is InChI=1S/C13H17NO2S/c1-12(2)10-6-4-5-7-11(10)14(3)13(12)8-17(15,16)9-13/h4-7H,8-9H2,1-3H3. The molecule has 2 aliphatic rings. The Morgan fingerprint density at radius 1 is 1.18 bits per heavy atom. The molecule has 0 unspecified atom stereocenters. The van der Waals surface area contributed by atoms with Crippen molar-refractivity contribution in [2.75, 3.05) is 23.5 Å². The van der Waals surface area contributed by atoms with Gasteiger partial charge in [-0.15, -0.1) is 0 Å². The van der Waals surface area contributed by atoms with Gasteiger partial charge in [0.25, 0.3) is 0 Å². The number of hydrogen-bond donors (Lipinski definition) is 0. The summed E-state index contributed by atoms with van der Waals surface area (Å²) in [5.41, 5.74) is 2.09. The van der Waals surface area contributed by atoms with Crippen molar-refractivity contribution >= 4 is 15.5 Å². The lowest BCUT2D eigenvalue weighted by atomic mass is 9.72. The minimum absolute atomic E-state index is 0.107. The Balaban J connectivity index is 2.18. The zero-order chi connectivity index (χ0) is 12.5. The molecule has 0 amide bonds. The maximum absolute atomic E-state index is 11.6. The number of anilines is 1. The zero-order valence-corrected chi connectivity index (χ0v) is 11.2. The van der Waals surface area contributed by atoms with Crippen LogP contribution in [0.4, 0.5) is 5.69 Å². The number of fused-ring (bicyclic) bond motifs is 1. The average Bonchev–Trinajstić information content (AvgIpc) is 2.38. The maximum atomic E-state index is 11.6. The van der Waals surface area contributed by atoms with E-state index >= 15 is 0 Å².